The van der Waals surface area contributed by atoms with Gasteiger partial charge in [-0.25, -0.2) is 0 Å². The van der Waals surface area contributed by atoms with Crippen LogP contribution in [0.3, 0.4) is 0 Å². The number of carbonyl (C=O) groups is 1. The van der Waals surface area contributed by atoms with E-state index in [4.69, 9.17) is 5.11 Å². The molecule has 1 aliphatic rings. The maximum Gasteiger partial charge on any atom is 0.223 e. The van der Waals surface area contributed by atoms with Gasteiger partial charge in [0.05, 0.1) is 12.6 Å². The number of benzene rings is 1. The molecule has 0 bridgehead atoms. The van der Waals surface area contributed by atoms with Crippen LogP contribution in [0.5, 0.6) is 0 Å². The number of nitrogens with one attached hydrogen (secondary N) is 1. The number of hydrogen-bond donors (Lipinski definition) is 2. The first-order valence-electron chi connectivity index (χ1n) is 5.74. The molecular weight excluding hydrogens is 202 g/mol. The molecule has 0 saturated carbocycles. The lowest BCUT2D eigenvalue weighted by atomic mass is 9.89. The summed E-state index contributed by atoms with van der Waals surface area (Å²) in [6, 6.07) is 10.0. The number of piperidine rings is 1. The molecule has 86 valence electrons. The quantitative estimate of drug-likeness (QED) is 0.800. The lowest BCUT2D eigenvalue weighted by molar-refractivity contribution is -0.128. The molecule has 0 radical (unpaired) electrons. The lowest BCUT2D eigenvalue weighted by Crippen LogP contribution is -2.46. The van der Waals surface area contributed by atoms with Gasteiger partial charge in [-0.15, -0.1) is 0 Å². The van der Waals surface area contributed by atoms with E-state index in [1.54, 1.807) is 0 Å². The molecule has 1 amide bonds. The Morgan fingerprint density at radius 2 is 2.00 bits per heavy atom. The third-order valence-corrected chi connectivity index (χ3v) is 3.13. The second-order valence-electron chi connectivity index (χ2n) is 4.35. The average Bonchev–Trinajstić information content (AvgIpc) is 2.33. The normalized spacial score (nSPS) is 25.2. The average molecular weight is 219 g/mol. The molecule has 2 atom stereocenters. The van der Waals surface area contributed by atoms with Crippen LogP contribution >= 0.6 is 0 Å². The highest BCUT2D eigenvalue weighted by Gasteiger charge is 2.27. The van der Waals surface area contributed by atoms with Crippen molar-refractivity contribution in [3.63, 3.8) is 0 Å². The van der Waals surface area contributed by atoms with Crippen LogP contribution in [0.25, 0.3) is 0 Å². The number of hydrogen-bond acceptors (Lipinski definition) is 2. The molecular formula is C13H17NO2. The minimum atomic E-state index is -0.0421. The second-order valence-corrected chi connectivity index (χ2v) is 4.35. The number of aliphatic hydroxyl groups is 1. The minimum absolute atomic E-state index is 0.0421. The standard InChI is InChI=1S/C13H17NO2/c15-9-12-7-6-11(13(16)14-12)8-10-4-2-1-3-5-10/h1-5,11-12,15H,6-9H2,(H,14,16)/t11-,12+/m0/s1. The van der Waals surface area contributed by atoms with E-state index in [-0.39, 0.29) is 24.5 Å². The van der Waals surface area contributed by atoms with E-state index in [2.05, 4.69) is 5.32 Å². The number of rotatable bonds is 3. The van der Waals surface area contributed by atoms with Crippen LogP contribution in [0, 0.1) is 5.92 Å². The summed E-state index contributed by atoms with van der Waals surface area (Å²) in [5, 5.41) is 11.8. The van der Waals surface area contributed by atoms with Crippen molar-refractivity contribution in [3.05, 3.63) is 35.9 Å². The summed E-state index contributed by atoms with van der Waals surface area (Å²) in [5.74, 6) is 0.138. The third kappa shape index (κ3) is 2.61. The fourth-order valence-corrected chi connectivity index (χ4v) is 2.15. The number of amides is 1. The maximum absolute atomic E-state index is 11.7. The summed E-state index contributed by atoms with van der Waals surface area (Å²) >= 11 is 0. The van der Waals surface area contributed by atoms with E-state index in [9.17, 15) is 4.79 Å². The third-order valence-electron chi connectivity index (χ3n) is 3.13. The second kappa shape index (κ2) is 5.12. The molecule has 3 heteroatoms. The summed E-state index contributed by atoms with van der Waals surface area (Å²) in [6.45, 7) is 0.0454. The van der Waals surface area contributed by atoms with Gasteiger partial charge in [0, 0.05) is 5.92 Å². The molecule has 1 aromatic carbocycles. The zero-order valence-electron chi connectivity index (χ0n) is 9.23. The molecule has 1 aromatic rings. The highest BCUT2D eigenvalue weighted by atomic mass is 16.3. The van der Waals surface area contributed by atoms with E-state index in [1.165, 1.54) is 5.56 Å². The van der Waals surface area contributed by atoms with Gasteiger partial charge in [-0.1, -0.05) is 30.3 Å². The van der Waals surface area contributed by atoms with Crippen LogP contribution in [0.2, 0.25) is 0 Å². The topological polar surface area (TPSA) is 49.3 Å². The molecule has 2 N–H and O–H groups in total. The molecule has 1 fully saturated rings. The smallest absolute Gasteiger partial charge is 0.223 e. The van der Waals surface area contributed by atoms with Crippen molar-refractivity contribution in [2.75, 3.05) is 6.61 Å². The van der Waals surface area contributed by atoms with Gasteiger partial charge >= 0.3 is 0 Å². The van der Waals surface area contributed by atoms with Crippen LogP contribution in [0.15, 0.2) is 30.3 Å². The Morgan fingerprint density at radius 3 is 2.62 bits per heavy atom. The number of aliphatic hydroxyl groups excluding tert-OH is 1. The highest BCUT2D eigenvalue weighted by molar-refractivity contribution is 5.80. The molecule has 2 rings (SSSR count). The predicted molar refractivity (Wildman–Crippen MR) is 61.9 cm³/mol. The molecule has 0 aliphatic carbocycles. The first-order valence-corrected chi connectivity index (χ1v) is 5.74. The SMILES string of the molecule is O=C1N[C@@H](CO)CC[C@H]1Cc1ccccc1. The molecule has 0 unspecified atom stereocenters. The van der Waals surface area contributed by atoms with Crippen molar-refractivity contribution < 1.29 is 9.90 Å². The van der Waals surface area contributed by atoms with Gasteiger partial charge in [-0.2, -0.15) is 0 Å². The molecule has 1 heterocycles. The first kappa shape index (κ1) is 11.1. The van der Waals surface area contributed by atoms with Crippen molar-refractivity contribution in [1.29, 1.82) is 0 Å². The van der Waals surface area contributed by atoms with E-state index < -0.39 is 0 Å². The molecule has 16 heavy (non-hydrogen) atoms. The Kier molecular flexibility index (Phi) is 3.57. The predicted octanol–water partition coefficient (Wildman–Crippen LogP) is 1.12. The Balaban J connectivity index is 1.94. The van der Waals surface area contributed by atoms with Gasteiger partial charge in [0.15, 0.2) is 0 Å². The zero-order chi connectivity index (χ0) is 11.4. The van der Waals surface area contributed by atoms with Crippen LogP contribution in [0.1, 0.15) is 18.4 Å². The molecule has 0 spiro atoms. The van der Waals surface area contributed by atoms with Crippen molar-refractivity contribution in [3.8, 4) is 0 Å². The van der Waals surface area contributed by atoms with Crippen LogP contribution in [-0.2, 0) is 11.2 Å². The van der Waals surface area contributed by atoms with Crippen molar-refractivity contribution in [2.24, 2.45) is 5.92 Å². The van der Waals surface area contributed by atoms with Gasteiger partial charge in [0.2, 0.25) is 5.91 Å². The van der Waals surface area contributed by atoms with E-state index >= 15 is 0 Å². The molecule has 1 saturated heterocycles. The van der Waals surface area contributed by atoms with Gasteiger partial charge in [-0.3, -0.25) is 4.79 Å². The minimum Gasteiger partial charge on any atom is -0.394 e. The van der Waals surface area contributed by atoms with Gasteiger partial charge in [0.1, 0.15) is 0 Å². The lowest BCUT2D eigenvalue weighted by Gasteiger charge is -2.27. The fourth-order valence-electron chi connectivity index (χ4n) is 2.15. The van der Waals surface area contributed by atoms with Crippen LogP contribution in [0.4, 0.5) is 0 Å². The van der Waals surface area contributed by atoms with E-state index in [0.29, 0.717) is 0 Å². The number of carbonyl (C=O) groups excluding carboxylic acids is 1. The Hall–Kier alpha value is -1.35. The summed E-state index contributed by atoms with van der Waals surface area (Å²) in [7, 11) is 0. The van der Waals surface area contributed by atoms with Crippen molar-refractivity contribution in [2.45, 2.75) is 25.3 Å². The highest BCUT2D eigenvalue weighted by Crippen LogP contribution is 2.19. The van der Waals surface area contributed by atoms with Gasteiger partial charge in [-0.05, 0) is 24.8 Å². The summed E-state index contributed by atoms with van der Waals surface area (Å²) in [6.07, 6.45) is 2.54. The summed E-state index contributed by atoms with van der Waals surface area (Å²) in [4.78, 5) is 11.7. The van der Waals surface area contributed by atoms with Crippen molar-refractivity contribution >= 4 is 5.91 Å². The zero-order valence-corrected chi connectivity index (χ0v) is 9.23. The molecule has 1 aliphatic heterocycles. The fraction of sp³-hybridized carbons (Fsp3) is 0.462. The van der Waals surface area contributed by atoms with Crippen LogP contribution in [-0.4, -0.2) is 23.7 Å². The van der Waals surface area contributed by atoms with Gasteiger partial charge in [0.25, 0.3) is 0 Å². The maximum atomic E-state index is 11.7. The largest absolute Gasteiger partial charge is 0.394 e. The molecule has 3 nitrogen and oxygen atoms in total. The Morgan fingerprint density at radius 1 is 1.25 bits per heavy atom. The Labute approximate surface area is 95.5 Å². The van der Waals surface area contributed by atoms with E-state index in [1.807, 2.05) is 30.3 Å². The molecule has 0 aromatic heterocycles. The van der Waals surface area contributed by atoms with Crippen molar-refractivity contribution in [1.82, 2.24) is 5.32 Å². The summed E-state index contributed by atoms with van der Waals surface area (Å²) in [5.41, 5.74) is 1.20. The Bertz CT molecular complexity index is 350. The van der Waals surface area contributed by atoms with Gasteiger partial charge < -0.3 is 10.4 Å². The summed E-state index contributed by atoms with van der Waals surface area (Å²) < 4.78 is 0. The van der Waals surface area contributed by atoms with E-state index in [0.717, 1.165) is 19.3 Å². The first-order chi connectivity index (χ1) is 7.79. The monoisotopic (exact) mass is 219 g/mol. The van der Waals surface area contributed by atoms with Crippen LogP contribution < -0.4 is 5.32 Å².